The summed E-state index contributed by atoms with van der Waals surface area (Å²) in [6, 6.07) is 13.3. The molecule has 0 spiro atoms. The van der Waals surface area contributed by atoms with Gasteiger partial charge in [-0.2, -0.15) is 0 Å². The Balaban J connectivity index is 1.65. The lowest BCUT2D eigenvalue weighted by Crippen LogP contribution is -2.22. The monoisotopic (exact) mass is 445 g/mol. The van der Waals surface area contributed by atoms with E-state index in [-0.39, 0.29) is 0 Å². The lowest BCUT2D eigenvalue weighted by atomic mass is 10.1. The van der Waals surface area contributed by atoms with E-state index in [0.717, 1.165) is 40.3 Å². The molecule has 0 N–H and O–H groups in total. The fourth-order valence-corrected chi connectivity index (χ4v) is 4.67. The molecule has 7 heteroatoms. The van der Waals surface area contributed by atoms with Crippen LogP contribution in [0.2, 0.25) is 35.9 Å². The van der Waals surface area contributed by atoms with Crippen LogP contribution < -0.4 is 0 Å². The molecule has 4 aromatic rings. The minimum atomic E-state index is -1.12. The van der Waals surface area contributed by atoms with Gasteiger partial charge in [0.25, 0.3) is 0 Å². The van der Waals surface area contributed by atoms with Gasteiger partial charge in [0.05, 0.1) is 21.7 Å². The highest BCUT2D eigenvalue weighted by Crippen LogP contribution is 2.33. The Morgan fingerprint density at radius 3 is 2.59 bits per heavy atom. The van der Waals surface area contributed by atoms with Crippen LogP contribution in [0.15, 0.2) is 42.6 Å². The highest BCUT2D eigenvalue weighted by molar-refractivity contribution is 6.76. The Morgan fingerprint density at radius 1 is 1.03 bits per heavy atom. The number of hydrogen-bond acceptors (Lipinski definition) is 2. The van der Waals surface area contributed by atoms with Gasteiger partial charge in [-0.3, -0.25) is 0 Å². The fraction of sp³-hybridized carbons (Fsp3) is 0.318. The van der Waals surface area contributed by atoms with Gasteiger partial charge in [0.15, 0.2) is 0 Å². The number of hydrogen-bond donors (Lipinski definition) is 0. The zero-order valence-corrected chi connectivity index (χ0v) is 19.7. The average molecular weight is 446 g/mol. The summed E-state index contributed by atoms with van der Waals surface area (Å²) in [5.74, 6) is 0. The fourth-order valence-electron chi connectivity index (χ4n) is 3.42. The van der Waals surface area contributed by atoms with Crippen molar-refractivity contribution >= 4 is 53.2 Å². The van der Waals surface area contributed by atoms with Crippen molar-refractivity contribution in [1.29, 1.82) is 0 Å². The number of rotatable bonds is 6. The molecule has 152 valence electrons. The minimum absolute atomic E-state index is 0.403. The van der Waals surface area contributed by atoms with Crippen molar-refractivity contribution in [2.24, 2.45) is 7.05 Å². The first kappa shape index (κ1) is 20.5. The number of pyridine rings is 1. The Labute approximate surface area is 182 Å². The Bertz CT molecular complexity index is 1190. The summed E-state index contributed by atoms with van der Waals surface area (Å²) in [5.41, 5.74) is 4.63. The standard InChI is InChI=1S/C22H25Cl2N3OSi/c1-26-8-7-15-11-16(5-6-19(15)26)22-17(23)12-20-18(25-22)13-21(24)27(20)14-28-9-10-29(2,3)4/h5-8,11-13H,9-10,14H2,1-4H3. The van der Waals surface area contributed by atoms with Crippen LogP contribution in [0, 0.1) is 0 Å². The van der Waals surface area contributed by atoms with Crippen LogP contribution in [0.25, 0.3) is 33.2 Å². The minimum Gasteiger partial charge on any atom is -0.361 e. The first-order valence-electron chi connectivity index (χ1n) is 9.71. The van der Waals surface area contributed by atoms with E-state index in [1.54, 1.807) is 0 Å². The Kier molecular flexibility index (Phi) is 5.51. The van der Waals surface area contributed by atoms with Crippen molar-refractivity contribution in [2.75, 3.05) is 6.61 Å². The maximum atomic E-state index is 6.64. The quantitative estimate of drug-likeness (QED) is 0.241. The molecule has 0 aliphatic carbocycles. The predicted molar refractivity (Wildman–Crippen MR) is 126 cm³/mol. The summed E-state index contributed by atoms with van der Waals surface area (Å²) in [5, 5.41) is 2.37. The van der Waals surface area contributed by atoms with Crippen molar-refractivity contribution in [3.8, 4) is 11.3 Å². The average Bonchev–Trinajstić information content (AvgIpc) is 3.16. The van der Waals surface area contributed by atoms with Gasteiger partial charge in [0.1, 0.15) is 11.9 Å². The molecular formula is C22H25Cl2N3OSi. The molecule has 0 aliphatic heterocycles. The van der Waals surface area contributed by atoms with Crippen LogP contribution in [-0.2, 0) is 18.5 Å². The van der Waals surface area contributed by atoms with E-state index in [2.05, 4.69) is 54.7 Å². The number of ether oxygens (including phenoxy) is 1. The van der Waals surface area contributed by atoms with E-state index >= 15 is 0 Å². The van der Waals surface area contributed by atoms with Crippen molar-refractivity contribution in [3.63, 3.8) is 0 Å². The number of halogens is 2. The molecule has 0 bridgehead atoms. The maximum Gasteiger partial charge on any atom is 0.124 e. The summed E-state index contributed by atoms with van der Waals surface area (Å²) in [7, 11) is 0.917. The topological polar surface area (TPSA) is 32.0 Å². The van der Waals surface area contributed by atoms with E-state index in [0.29, 0.717) is 16.9 Å². The summed E-state index contributed by atoms with van der Waals surface area (Å²) >= 11 is 13.1. The molecule has 4 rings (SSSR count). The van der Waals surface area contributed by atoms with Gasteiger partial charge in [0, 0.05) is 50.5 Å². The first-order valence-corrected chi connectivity index (χ1v) is 14.2. The lowest BCUT2D eigenvalue weighted by molar-refractivity contribution is 0.0904. The zero-order valence-electron chi connectivity index (χ0n) is 17.2. The van der Waals surface area contributed by atoms with Crippen LogP contribution in [0.5, 0.6) is 0 Å². The van der Waals surface area contributed by atoms with E-state index in [4.69, 9.17) is 32.9 Å². The third-order valence-corrected chi connectivity index (χ3v) is 7.47. The number of benzene rings is 1. The lowest BCUT2D eigenvalue weighted by Gasteiger charge is -2.16. The molecule has 0 unspecified atom stereocenters. The van der Waals surface area contributed by atoms with Crippen molar-refractivity contribution < 1.29 is 4.74 Å². The third kappa shape index (κ3) is 4.24. The molecule has 1 aromatic carbocycles. The van der Waals surface area contributed by atoms with Gasteiger partial charge in [-0.1, -0.05) is 48.9 Å². The smallest absolute Gasteiger partial charge is 0.124 e. The highest BCUT2D eigenvalue weighted by atomic mass is 35.5. The molecule has 0 atom stereocenters. The van der Waals surface area contributed by atoms with Gasteiger partial charge in [-0.15, -0.1) is 0 Å². The highest BCUT2D eigenvalue weighted by Gasteiger charge is 2.16. The molecule has 0 saturated heterocycles. The predicted octanol–water partition coefficient (Wildman–Crippen LogP) is 6.81. The summed E-state index contributed by atoms with van der Waals surface area (Å²) in [4.78, 5) is 4.81. The summed E-state index contributed by atoms with van der Waals surface area (Å²) in [6.45, 7) is 8.16. The SMILES string of the molecule is Cn1ccc2cc(-c3nc4cc(Cl)n(COCC[Si](C)(C)C)c4cc3Cl)ccc21. The van der Waals surface area contributed by atoms with E-state index in [1.165, 1.54) is 5.52 Å². The van der Waals surface area contributed by atoms with Gasteiger partial charge >= 0.3 is 0 Å². The zero-order chi connectivity index (χ0) is 20.8. The molecule has 0 amide bonds. The number of fused-ring (bicyclic) bond motifs is 2. The number of nitrogens with zero attached hydrogens (tertiary/aromatic N) is 3. The molecular weight excluding hydrogens is 421 g/mol. The normalized spacial score (nSPS) is 12.3. The van der Waals surface area contributed by atoms with E-state index < -0.39 is 8.07 Å². The Morgan fingerprint density at radius 2 is 1.83 bits per heavy atom. The van der Waals surface area contributed by atoms with Gasteiger partial charge in [-0.25, -0.2) is 4.98 Å². The first-order chi connectivity index (χ1) is 13.7. The molecule has 3 heterocycles. The second-order valence-corrected chi connectivity index (χ2v) is 15.1. The van der Waals surface area contributed by atoms with Crippen LogP contribution in [0.4, 0.5) is 0 Å². The van der Waals surface area contributed by atoms with Gasteiger partial charge in [0.2, 0.25) is 0 Å². The van der Waals surface area contributed by atoms with Gasteiger partial charge in [-0.05, 0) is 30.3 Å². The summed E-state index contributed by atoms with van der Waals surface area (Å²) in [6.07, 6.45) is 2.05. The Hall–Kier alpha value is -1.79. The molecule has 0 radical (unpaired) electrons. The van der Waals surface area contributed by atoms with Crippen molar-refractivity contribution in [1.82, 2.24) is 14.1 Å². The van der Waals surface area contributed by atoms with E-state index in [9.17, 15) is 0 Å². The van der Waals surface area contributed by atoms with Crippen LogP contribution in [-0.4, -0.2) is 28.8 Å². The number of aryl methyl sites for hydroxylation is 1. The molecule has 0 aliphatic rings. The van der Waals surface area contributed by atoms with Crippen molar-refractivity contribution in [2.45, 2.75) is 32.4 Å². The van der Waals surface area contributed by atoms with Gasteiger partial charge < -0.3 is 13.9 Å². The second kappa shape index (κ2) is 7.80. The maximum absolute atomic E-state index is 6.64. The molecule has 0 saturated carbocycles. The van der Waals surface area contributed by atoms with Crippen LogP contribution >= 0.6 is 23.2 Å². The third-order valence-electron chi connectivity index (χ3n) is 5.16. The largest absolute Gasteiger partial charge is 0.361 e. The second-order valence-electron chi connectivity index (χ2n) is 8.67. The number of aromatic nitrogens is 3. The van der Waals surface area contributed by atoms with Crippen molar-refractivity contribution in [3.05, 3.63) is 52.8 Å². The molecule has 29 heavy (non-hydrogen) atoms. The molecule has 4 nitrogen and oxygen atoms in total. The molecule has 0 fully saturated rings. The van der Waals surface area contributed by atoms with Crippen LogP contribution in [0.3, 0.4) is 0 Å². The van der Waals surface area contributed by atoms with Crippen LogP contribution in [0.1, 0.15) is 0 Å². The van der Waals surface area contributed by atoms with E-state index in [1.807, 2.05) is 23.7 Å². The molecule has 3 aromatic heterocycles. The summed E-state index contributed by atoms with van der Waals surface area (Å²) < 4.78 is 9.91.